The maximum Gasteiger partial charge on any atom is 0.162 e. The van der Waals surface area contributed by atoms with Crippen molar-refractivity contribution in [1.82, 2.24) is 0 Å². The molecule has 0 aliphatic carbocycles. The third-order valence-corrected chi connectivity index (χ3v) is 2.85. The van der Waals surface area contributed by atoms with Crippen molar-refractivity contribution in [2.45, 2.75) is 33.8 Å². The van der Waals surface area contributed by atoms with Gasteiger partial charge >= 0.3 is 0 Å². The number of ether oxygens (including phenoxy) is 2. The van der Waals surface area contributed by atoms with Crippen LogP contribution < -0.4 is 9.47 Å². The minimum atomic E-state index is 0.0262. The van der Waals surface area contributed by atoms with Crippen molar-refractivity contribution >= 4 is 6.29 Å². The Morgan fingerprint density at radius 1 is 1.24 bits per heavy atom. The summed E-state index contributed by atoms with van der Waals surface area (Å²) in [5.74, 6) is 1.26. The lowest BCUT2D eigenvalue weighted by Gasteiger charge is -2.28. The summed E-state index contributed by atoms with van der Waals surface area (Å²) in [6, 6.07) is 5.16. The molecule has 1 rings (SSSR count). The van der Waals surface area contributed by atoms with Crippen molar-refractivity contribution in [3.05, 3.63) is 23.8 Å². The molecule has 0 saturated heterocycles. The van der Waals surface area contributed by atoms with Gasteiger partial charge in [-0.15, -0.1) is 0 Å². The quantitative estimate of drug-likeness (QED) is 0.752. The molecule has 17 heavy (non-hydrogen) atoms. The molecule has 0 aliphatic rings. The van der Waals surface area contributed by atoms with Crippen molar-refractivity contribution in [3.8, 4) is 11.5 Å². The zero-order chi connectivity index (χ0) is 13.1. The van der Waals surface area contributed by atoms with Crippen molar-refractivity contribution in [1.29, 1.82) is 0 Å². The Kier molecular flexibility index (Phi) is 4.16. The van der Waals surface area contributed by atoms with Crippen LogP contribution in [0.2, 0.25) is 0 Å². The Morgan fingerprint density at radius 3 is 2.35 bits per heavy atom. The molecule has 1 unspecified atom stereocenters. The van der Waals surface area contributed by atoms with Gasteiger partial charge in [0.05, 0.1) is 7.11 Å². The van der Waals surface area contributed by atoms with Gasteiger partial charge in [0.15, 0.2) is 11.5 Å². The predicted octanol–water partition coefficient (Wildman–Crippen LogP) is 3.32. The molecule has 0 bridgehead atoms. The molecule has 1 atom stereocenters. The van der Waals surface area contributed by atoms with Gasteiger partial charge in [-0.1, -0.05) is 20.8 Å². The van der Waals surface area contributed by atoms with Crippen LogP contribution in [0.4, 0.5) is 0 Å². The van der Waals surface area contributed by atoms with E-state index in [1.165, 1.54) is 0 Å². The average molecular weight is 236 g/mol. The monoisotopic (exact) mass is 236 g/mol. The fourth-order valence-electron chi connectivity index (χ4n) is 1.23. The van der Waals surface area contributed by atoms with E-state index in [1.54, 1.807) is 25.3 Å². The van der Waals surface area contributed by atoms with Crippen molar-refractivity contribution in [2.24, 2.45) is 5.41 Å². The molecule has 3 heteroatoms. The minimum absolute atomic E-state index is 0.0262. The topological polar surface area (TPSA) is 35.5 Å². The standard InChI is InChI=1S/C14H20O3/c1-10(14(2,3)4)17-13-8-11(9-15)6-7-12(13)16-5/h6-10H,1-5H3. The van der Waals surface area contributed by atoms with Gasteiger partial charge in [-0.05, 0) is 30.5 Å². The number of aldehydes is 1. The van der Waals surface area contributed by atoms with E-state index in [9.17, 15) is 4.79 Å². The van der Waals surface area contributed by atoms with E-state index in [2.05, 4.69) is 20.8 Å². The van der Waals surface area contributed by atoms with Crippen molar-refractivity contribution in [2.75, 3.05) is 7.11 Å². The maximum atomic E-state index is 10.7. The van der Waals surface area contributed by atoms with Gasteiger partial charge in [-0.3, -0.25) is 4.79 Å². The molecule has 0 heterocycles. The SMILES string of the molecule is COc1ccc(C=O)cc1OC(C)C(C)(C)C. The van der Waals surface area contributed by atoms with Gasteiger partial charge in [-0.25, -0.2) is 0 Å². The Labute approximate surface area is 103 Å². The van der Waals surface area contributed by atoms with Crippen LogP contribution in [0.1, 0.15) is 38.1 Å². The Hall–Kier alpha value is -1.51. The van der Waals surface area contributed by atoms with Crippen LogP contribution in [0, 0.1) is 5.41 Å². The molecule has 94 valence electrons. The third-order valence-electron chi connectivity index (χ3n) is 2.85. The maximum absolute atomic E-state index is 10.7. The average Bonchev–Trinajstić information content (AvgIpc) is 2.27. The summed E-state index contributed by atoms with van der Waals surface area (Å²) in [5.41, 5.74) is 0.615. The molecule has 0 spiro atoms. The number of rotatable bonds is 4. The second-order valence-electron chi connectivity index (χ2n) is 5.15. The van der Waals surface area contributed by atoms with E-state index in [4.69, 9.17) is 9.47 Å². The summed E-state index contributed by atoms with van der Waals surface area (Å²) in [6.45, 7) is 8.32. The molecule has 0 amide bonds. The van der Waals surface area contributed by atoms with Gasteiger partial charge in [0.25, 0.3) is 0 Å². The lowest BCUT2D eigenvalue weighted by Crippen LogP contribution is -2.28. The van der Waals surface area contributed by atoms with Crippen LogP contribution in [-0.4, -0.2) is 19.5 Å². The van der Waals surface area contributed by atoms with Crippen LogP contribution in [0.25, 0.3) is 0 Å². The Balaban J connectivity index is 2.99. The van der Waals surface area contributed by atoms with Gasteiger partial charge in [0.1, 0.15) is 12.4 Å². The number of carbonyl (C=O) groups excluding carboxylic acids is 1. The van der Waals surface area contributed by atoms with E-state index < -0.39 is 0 Å². The summed E-state index contributed by atoms with van der Waals surface area (Å²) < 4.78 is 11.1. The summed E-state index contributed by atoms with van der Waals surface area (Å²) >= 11 is 0. The van der Waals surface area contributed by atoms with Crippen LogP contribution in [0.15, 0.2) is 18.2 Å². The molecule has 0 aromatic heterocycles. The van der Waals surface area contributed by atoms with Crippen molar-refractivity contribution < 1.29 is 14.3 Å². The highest BCUT2D eigenvalue weighted by Crippen LogP contribution is 2.32. The molecule has 1 aromatic carbocycles. The first-order chi connectivity index (χ1) is 7.88. The van der Waals surface area contributed by atoms with E-state index in [1.807, 2.05) is 6.92 Å². The largest absolute Gasteiger partial charge is 0.493 e. The summed E-state index contributed by atoms with van der Waals surface area (Å²) in [6.07, 6.45) is 0.826. The second-order valence-corrected chi connectivity index (χ2v) is 5.15. The first-order valence-corrected chi connectivity index (χ1v) is 5.68. The number of hydrogen-bond acceptors (Lipinski definition) is 3. The van der Waals surface area contributed by atoms with E-state index in [-0.39, 0.29) is 11.5 Å². The smallest absolute Gasteiger partial charge is 0.162 e. The molecular formula is C14H20O3. The normalized spacial score (nSPS) is 13.0. The molecule has 0 aliphatic heterocycles. The number of hydrogen-bond donors (Lipinski definition) is 0. The number of carbonyl (C=O) groups is 1. The van der Waals surface area contributed by atoms with Crippen LogP contribution in [-0.2, 0) is 0 Å². The van der Waals surface area contributed by atoms with E-state index in [0.717, 1.165) is 6.29 Å². The van der Waals surface area contributed by atoms with Gasteiger partial charge in [0, 0.05) is 5.56 Å². The minimum Gasteiger partial charge on any atom is -0.493 e. The first-order valence-electron chi connectivity index (χ1n) is 5.68. The molecule has 1 aromatic rings. The fourth-order valence-corrected chi connectivity index (χ4v) is 1.23. The lowest BCUT2D eigenvalue weighted by molar-refractivity contribution is 0.0996. The number of methoxy groups -OCH3 is 1. The summed E-state index contributed by atoms with van der Waals surface area (Å²) in [5, 5.41) is 0. The van der Waals surface area contributed by atoms with Gasteiger partial charge in [0.2, 0.25) is 0 Å². The van der Waals surface area contributed by atoms with Crippen LogP contribution in [0.5, 0.6) is 11.5 Å². The van der Waals surface area contributed by atoms with Gasteiger partial charge < -0.3 is 9.47 Å². The molecule has 3 nitrogen and oxygen atoms in total. The molecule has 0 radical (unpaired) electrons. The summed E-state index contributed by atoms with van der Waals surface area (Å²) in [4.78, 5) is 10.7. The van der Waals surface area contributed by atoms with Crippen molar-refractivity contribution in [3.63, 3.8) is 0 Å². The van der Waals surface area contributed by atoms with Gasteiger partial charge in [-0.2, -0.15) is 0 Å². The van der Waals surface area contributed by atoms with Crippen LogP contribution >= 0.6 is 0 Å². The first kappa shape index (κ1) is 13.6. The molecule has 0 fully saturated rings. The lowest BCUT2D eigenvalue weighted by atomic mass is 9.90. The molecule has 0 saturated carbocycles. The zero-order valence-corrected chi connectivity index (χ0v) is 11.1. The highest BCUT2D eigenvalue weighted by Gasteiger charge is 2.23. The molecular weight excluding hydrogens is 216 g/mol. The highest BCUT2D eigenvalue weighted by atomic mass is 16.5. The van der Waals surface area contributed by atoms with E-state index >= 15 is 0 Å². The Morgan fingerprint density at radius 2 is 1.88 bits per heavy atom. The summed E-state index contributed by atoms with van der Waals surface area (Å²) in [7, 11) is 1.59. The Bertz CT molecular complexity index is 391. The predicted molar refractivity (Wildman–Crippen MR) is 67.9 cm³/mol. The fraction of sp³-hybridized carbons (Fsp3) is 0.500. The number of benzene rings is 1. The highest BCUT2D eigenvalue weighted by molar-refractivity contribution is 5.76. The van der Waals surface area contributed by atoms with E-state index in [0.29, 0.717) is 17.1 Å². The second kappa shape index (κ2) is 5.21. The third kappa shape index (κ3) is 3.48. The molecule has 0 N–H and O–H groups in total. The zero-order valence-electron chi connectivity index (χ0n) is 11.1. The van der Waals surface area contributed by atoms with Crippen LogP contribution in [0.3, 0.4) is 0 Å².